The second-order valence-electron chi connectivity index (χ2n) is 3.33. The number of nitrogens with zero attached hydrogens (tertiary/aromatic N) is 4. The van der Waals surface area contributed by atoms with Crippen molar-refractivity contribution in [3.05, 3.63) is 29.3 Å². The Labute approximate surface area is 102 Å². The molecule has 88 valence electrons. The lowest BCUT2D eigenvalue weighted by atomic mass is 10.2. The van der Waals surface area contributed by atoms with E-state index < -0.39 is 5.97 Å². The molecule has 0 atom stereocenters. The van der Waals surface area contributed by atoms with E-state index in [1.165, 1.54) is 4.80 Å². The van der Waals surface area contributed by atoms with Crippen molar-refractivity contribution in [3.63, 3.8) is 0 Å². The number of carboxylic acid groups (broad SMARTS) is 1. The molecule has 7 heteroatoms. The van der Waals surface area contributed by atoms with Crippen LogP contribution in [-0.4, -0.2) is 31.3 Å². The Bertz CT molecular complexity index is 541. The first-order valence-electron chi connectivity index (χ1n) is 4.91. The van der Waals surface area contributed by atoms with E-state index in [9.17, 15) is 4.79 Å². The van der Waals surface area contributed by atoms with Gasteiger partial charge >= 0.3 is 5.97 Å². The van der Waals surface area contributed by atoms with E-state index in [4.69, 9.17) is 16.7 Å². The normalized spacial score (nSPS) is 10.4. The van der Waals surface area contributed by atoms with Gasteiger partial charge in [0, 0.05) is 5.56 Å². The van der Waals surface area contributed by atoms with Crippen molar-refractivity contribution in [2.45, 2.75) is 13.0 Å². The van der Waals surface area contributed by atoms with Gasteiger partial charge in [-0.2, -0.15) is 4.80 Å². The second-order valence-corrected chi connectivity index (χ2v) is 3.74. The lowest BCUT2D eigenvalue weighted by Crippen LogP contribution is -2.07. The highest BCUT2D eigenvalue weighted by molar-refractivity contribution is 6.33. The van der Waals surface area contributed by atoms with Crippen LogP contribution in [0.15, 0.2) is 24.3 Å². The molecule has 0 radical (unpaired) electrons. The van der Waals surface area contributed by atoms with Gasteiger partial charge in [0.15, 0.2) is 0 Å². The fourth-order valence-electron chi connectivity index (χ4n) is 1.28. The molecule has 0 aliphatic rings. The van der Waals surface area contributed by atoms with Crippen LogP contribution < -0.4 is 0 Å². The standard InChI is InChI=1S/C10H9ClN4O2/c11-8-4-2-1-3-7(8)10-12-14-15(13-10)6-5-9(16)17/h1-4H,5-6H2,(H,16,17). The Morgan fingerprint density at radius 3 is 2.88 bits per heavy atom. The summed E-state index contributed by atoms with van der Waals surface area (Å²) in [6, 6.07) is 7.13. The molecule has 0 unspecified atom stereocenters. The Balaban J connectivity index is 2.18. The number of tetrazole rings is 1. The Kier molecular flexibility index (Phi) is 3.34. The minimum absolute atomic E-state index is 0.0433. The average Bonchev–Trinajstić information content (AvgIpc) is 2.75. The fraction of sp³-hybridized carbons (Fsp3) is 0.200. The predicted molar refractivity (Wildman–Crippen MR) is 60.5 cm³/mol. The minimum atomic E-state index is -0.901. The predicted octanol–water partition coefficient (Wildman–Crippen LogP) is 1.47. The molecule has 0 aliphatic heterocycles. The fourth-order valence-corrected chi connectivity index (χ4v) is 1.50. The number of carbonyl (C=O) groups is 1. The summed E-state index contributed by atoms with van der Waals surface area (Å²) in [5.74, 6) is -0.511. The molecule has 17 heavy (non-hydrogen) atoms. The molecule has 0 saturated carbocycles. The monoisotopic (exact) mass is 252 g/mol. The SMILES string of the molecule is O=C(O)CCn1nnc(-c2ccccc2Cl)n1. The molecular formula is C10H9ClN4O2. The molecule has 0 saturated heterocycles. The van der Waals surface area contributed by atoms with E-state index in [-0.39, 0.29) is 13.0 Å². The molecule has 2 rings (SSSR count). The summed E-state index contributed by atoms with van der Waals surface area (Å²) in [7, 11) is 0. The number of halogens is 1. The van der Waals surface area contributed by atoms with Gasteiger partial charge in [0.2, 0.25) is 5.82 Å². The Morgan fingerprint density at radius 1 is 1.41 bits per heavy atom. The van der Waals surface area contributed by atoms with Crippen LogP contribution >= 0.6 is 11.6 Å². The van der Waals surface area contributed by atoms with Crippen molar-refractivity contribution < 1.29 is 9.90 Å². The zero-order valence-corrected chi connectivity index (χ0v) is 9.50. The van der Waals surface area contributed by atoms with Gasteiger partial charge < -0.3 is 5.11 Å². The van der Waals surface area contributed by atoms with Crippen molar-refractivity contribution in [2.75, 3.05) is 0 Å². The number of aliphatic carboxylic acids is 1. The van der Waals surface area contributed by atoms with Crippen molar-refractivity contribution in [2.24, 2.45) is 0 Å². The number of rotatable bonds is 4. The summed E-state index contributed by atoms with van der Waals surface area (Å²) < 4.78 is 0. The van der Waals surface area contributed by atoms with Gasteiger partial charge in [0.05, 0.1) is 18.0 Å². The van der Waals surface area contributed by atoms with Gasteiger partial charge in [-0.15, -0.1) is 10.2 Å². The first-order chi connectivity index (χ1) is 8.16. The number of carboxylic acids is 1. The third kappa shape index (κ3) is 2.79. The first kappa shape index (κ1) is 11.5. The van der Waals surface area contributed by atoms with Crippen molar-refractivity contribution in [3.8, 4) is 11.4 Å². The van der Waals surface area contributed by atoms with Gasteiger partial charge in [-0.25, -0.2) is 0 Å². The van der Waals surface area contributed by atoms with E-state index in [1.54, 1.807) is 18.2 Å². The van der Waals surface area contributed by atoms with Crippen molar-refractivity contribution in [1.29, 1.82) is 0 Å². The van der Waals surface area contributed by atoms with E-state index in [2.05, 4.69) is 15.4 Å². The van der Waals surface area contributed by atoms with Crippen LogP contribution in [0.4, 0.5) is 0 Å². The number of hydrogen-bond acceptors (Lipinski definition) is 4. The van der Waals surface area contributed by atoms with Gasteiger partial charge in [-0.3, -0.25) is 4.79 Å². The third-order valence-corrected chi connectivity index (χ3v) is 2.42. The lowest BCUT2D eigenvalue weighted by molar-refractivity contribution is -0.137. The molecule has 0 bridgehead atoms. The highest BCUT2D eigenvalue weighted by atomic mass is 35.5. The van der Waals surface area contributed by atoms with E-state index in [0.717, 1.165) is 0 Å². The van der Waals surface area contributed by atoms with E-state index in [0.29, 0.717) is 16.4 Å². The van der Waals surface area contributed by atoms with Crippen LogP contribution in [0.1, 0.15) is 6.42 Å². The van der Waals surface area contributed by atoms with E-state index >= 15 is 0 Å². The highest BCUT2D eigenvalue weighted by Gasteiger charge is 2.09. The zero-order chi connectivity index (χ0) is 12.3. The maximum atomic E-state index is 10.4. The summed E-state index contributed by atoms with van der Waals surface area (Å²) >= 11 is 5.98. The maximum absolute atomic E-state index is 10.4. The van der Waals surface area contributed by atoms with Crippen molar-refractivity contribution in [1.82, 2.24) is 20.2 Å². The smallest absolute Gasteiger partial charge is 0.305 e. The lowest BCUT2D eigenvalue weighted by Gasteiger charge is -1.97. The summed E-state index contributed by atoms with van der Waals surface area (Å²) in [5, 5.41) is 20.7. The maximum Gasteiger partial charge on any atom is 0.305 e. The molecule has 1 N–H and O–H groups in total. The Hall–Kier alpha value is -1.95. The quantitative estimate of drug-likeness (QED) is 0.891. The largest absolute Gasteiger partial charge is 0.481 e. The molecule has 0 spiro atoms. The summed E-state index contributed by atoms with van der Waals surface area (Å²) in [6.45, 7) is 0.187. The minimum Gasteiger partial charge on any atom is -0.481 e. The second kappa shape index (κ2) is 4.92. The molecule has 1 aromatic heterocycles. The molecular weight excluding hydrogens is 244 g/mol. The molecule has 0 fully saturated rings. The van der Waals surface area contributed by atoms with Gasteiger partial charge in [-0.05, 0) is 17.3 Å². The number of aromatic nitrogens is 4. The van der Waals surface area contributed by atoms with Crippen LogP contribution in [0.3, 0.4) is 0 Å². The van der Waals surface area contributed by atoms with Gasteiger partial charge in [0.1, 0.15) is 0 Å². The van der Waals surface area contributed by atoms with Crippen LogP contribution in [0, 0.1) is 0 Å². The molecule has 6 nitrogen and oxygen atoms in total. The number of aryl methyl sites for hydroxylation is 1. The molecule has 2 aromatic rings. The van der Waals surface area contributed by atoms with Crippen LogP contribution in [-0.2, 0) is 11.3 Å². The van der Waals surface area contributed by atoms with Gasteiger partial charge in [0.25, 0.3) is 0 Å². The number of benzene rings is 1. The third-order valence-electron chi connectivity index (χ3n) is 2.09. The van der Waals surface area contributed by atoms with Gasteiger partial charge in [-0.1, -0.05) is 23.7 Å². The van der Waals surface area contributed by atoms with Crippen molar-refractivity contribution >= 4 is 17.6 Å². The van der Waals surface area contributed by atoms with Crippen LogP contribution in [0.5, 0.6) is 0 Å². The Morgan fingerprint density at radius 2 is 2.18 bits per heavy atom. The first-order valence-corrected chi connectivity index (χ1v) is 5.29. The molecule has 0 aliphatic carbocycles. The highest BCUT2D eigenvalue weighted by Crippen LogP contribution is 2.23. The number of hydrogen-bond donors (Lipinski definition) is 1. The summed E-state index contributed by atoms with van der Waals surface area (Å²) in [5.41, 5.74) is 0.677. The molecule has 1 aromatic carbocycles. The van der Waals surface area contributed by atoms with Crippen LogP contribution in [0.25, 0.3) is 11.4 Å². The topological polar surface area (TPSA) is 80.9 Å². The van der Waals surface area contributed by atoms with Crippen LogP contribution in [0.2, 0.25) is 5.02 Å². The zero-order valence-electron chi connectivity index (χ0n) is 8.75. The molecule has 1 heterocycles. The van der Waals surface area contributed by atoms with E-state index in [1.807, 2.05) is 6.07 Å². The summed E-state index contributed by atoms with van der Waals surface area (Å²) in [6.07, 6.45) is -0.0433. The molecule has 0 amide bonds. The summed E-state index contributed by atoms with van der Waals surface area (Å²) in [4.78, 5) is 11.6. The average molecular weight is 253 g/mol.